The number of urea groups is 1. The molecule has 1 unspecified atom stereocenters. The highest BCUT2D eigenvalue weighted by Crippen LogP contribution is 2.29. The summed E-state index contributed by atoms with van der Waals surface area (Å²) in [6, 6.07) is 9.16. The molecule has 0 saturated carbocycles. The van der Waals surface area contributed by atoms with Gasteiger partial charge in [0.1, 0.15) is 0 Å². The molecule has 1 atom stereocenters. The normalized spacial score (nSPS) is 12.2. The predicted octanol–water partition coefficient (Wildman–Crippen LogP) is 2.88. The minimum absolute atomic E-state index is 0.423. The second-order valence-electron chi connectivity index (χ2n) is 5.91. The lowest BCUT2D eigenvalue weighted by atomic mass is 10.1. The van der Waals surface area contributed by atoms with E-state index in [0.29, 0.717) is 5.92 Å². The number of carbonyl (C=O) groups excluding carboxylic acids is 2. The van der Waals surface area contributed by atoms with Crippen molar-refractivity contribution in [1.29, 1.82) is 0 Å². The molecule has 6 nitrogen and oxygen atoms in total. The van der Waals surface area contributed by atoms with Gasteiger partial charge < -0.3 is 10.3 Å². The molecule has 24 heavy (non-hydrogen) atoms. The Hall–Kier alpha value is -2.28. The van der Waals surface area contributed by atoms with Crippen molar-refractivity contribution in [3.05, 3.63) is 36.5 Å². The number of nitrogens with two attached hydrogens (primary N) is 1. The molecule has 0 radical (unpaired) electrons. The fourth-order valence-corrected chi connectivity index (χ4v) is 3.16. The molecule has 7 heteroatoms. The van der Waals surface area contributed by atoms with Crippen LogP contribution in [0.2, 0.25) is 0 Å². The van der Waals surface area contributed by atoms with Crippen molar-refractivity contribution in [2.75, 3.05) is 0 Å². The van der Waals surface area contributed by atoms with Crippen molar-refractivity contribution < 1.29 is 9.59 Å². The number of nitrogens with one attached hydrogen (secondary N) is 1. The largest absolute Gasteiger partial charge is 0.351 e. The first-order valence-electron chi connectivity index (χ1n) is 7.76. The highest BCUT2D eigenvalue weighted by molar-refractivity contribution is 8.00. The van der Waals surface area contributed by atoms with E-state index < -0.39 is 17.2 Å². The van der Waals surface area contributed by atoms with Crippen molar-refractivity contribution in [2.45, 2.75) is 37.7 Å². The number of amides is 3. The van der Waals surface area contributed by atoms with Gasteiger partial charge in [-0.15, -0.1) is 0 Å². The van der Waals surface area contributed by atoms with Crippen LogP contribution in [-0.2, 0) is 11.3 Å². The van der Waals surface area contributed by atoms with Gasteiger partial charge in [0, 0.05) is 6.54 Å². The molecular weight excluding hydrogens is 324 g/mol. The van der Waals surface area contributed by atoms with E-state index in [4.69, 9.17) is 5.73 Å². The third-order valence-corrected chi connectivity index (χ3v) is 4.44. The highest BCUT2D eigenvalue weighted by atomic mass is 32.2. The number of aromatic nitrogens is 2. The summed E-state index contributed by atoms with van der Waals surface area (Å²) in [6.45, 7) is 6.77. The Morgan fingerprint density at radius 2 is 1.92 bits per heavy atom. The maximum Gasteiger partial charge on any atom is 0.318 e. The van der Waals surface area contributed by atoms with E-state index in [1.807, 2.05) is 36.5 Å². The van der Waals surface area contributed by atoms with E-state index in [1.54, 1.807) is 6.92 Å². The fourth-order valence-electron chi connectivity index (χ4n) is 2.27. The molecule has 1 aromatic carbocycles. The Morgan fingerprint density at radius 3 is 2.50 bits per heavy atom. The van der Waals surface area contributed by atoms with Crippen molar-refractivity contribution in [2.24, 2.45) is 11.7 Å². The Kier molecular flexibility index (Phi) is 6.03. The third-order valence-electron chi connectivity index (χ3n) is 3.33. The van der Waals surface area contributed by atoms with Gasteiger partial charge in [-0.3, -0.25) is 10.1 Å². The van der Waals surface area contributed by atoms with Gasteiger partial charge in [-0.1, -0.05) is 55.9 Å². The van der Waals surface area contributed by atoms with Crippen LogP contribution < -0.4 is 11.1 Å². The minimum Gasteiger partial charge on any atom is -0.351 e. The number of thioether (sulfide) groups is 1. The summed E-state index contributed by atoms with van der Waals surface area (Å²) in [7, 11) is 0. The minimum atomic E-state index is -0.844. The molecule has 1 heterocycles. The molecule has 2 aromatic rings. The van der Waals surface area contributed by atoms with Crippen LogP contribution in [-0.4, -0.2) is 26.7 Å². The summed E-state index contributed by atoms with van der Waals surface area (Å²) < 4.78 is 2.11. The molecule has 128 valence electrons. The van der Waals surface area contributed by atoms with Gasteiger partial charge in [-0.2, -0.15) is 0 Å². The van der Waals surface area contributed by atoms with Crippen LogP contribution in [0.3, 0.4) is 0 Å². The highest BCUT2D eigenvalue weighted by Gasteiger charge is 2.20. The Balaban J connectivity index is 2.28. The first-order valence-corrected chi connectivity index (χ1v) is 8.64. The molecule has 3 N–H and O–H groups in total. The number of benzene rings is 1. The van der Waals surface area contributed by atoms with E-state index in [-0.39, 0.29) is 0 Å². The maximum absolute atomic E-state index is 11.9. The predicted molar refractivity (Wildman–Crippen MR) is 95.5 cm³/mol. The van der Waals surface area contributed by atoms with Crippen LogP contribution in [0.4, 0.5) is 4.79 Å². The molecule has 0 bridgehead atoms. The number of hydrogen-bond donors (Lipinski definition) is 2. The van der Waals surface area contributed by atoms with Gasteiger partial charge in [0.05, 0.1) is 17.1 Å². The number of primary amides is 1. The van der Waals surface area contributed by atoms with E-state index in [0.717, 1.165) is 23.0 Å². The lowest BCUT2D eigenvalue weighted by Gasteiger charge is -2.16. The van der Waals surface area contributed by atoms with E-state index in [1.165, 1.54) is 11.8 Å². The monoisotopic (exact) mass is 346 g/mol. The molecule has 0 aliphatic heterocycles. The first kappa shape index (κ1) is 18.1. The van der Waals surface area contributed by atoms with Gasteiger partial charge in [-0.05, 0) is 18.4 Å². The summed E-state index contributed by atoms with van der Waals surface area (Å²) in [5.74, 6) is 0.00335. The third kappa shape index (κ3) is 4.61. The Labute approximate surface area is 145 Å². The summed E-state index contributed by atoms with van der Waals surface area (Å²) in [5, 5.41) is 2.37. The van der Waals surface area contributed by atoms with E-state index in [9.17, 15) is 9.59 Å². The van der Waals surface area contributed by atoms with Gasteiger partial charge in [0.2, 0.25) is 5.91 Å². The molecule has 0 saturated heterocycles. The Morgan fingerprint density at radius 1 is 1.25 bits per heavy atom. The zero-order valence-electron chi connectivity index (χ0n) is 14.0. The quantitative estimate of drug-likeness (QED) is 0.787. The van der Waals surface area contributed by atoms with Crippen LogP contribution in [0, 0.1) is 5.92 Å². The van der Waals surface area contributed by atoms with Crippen LogP contribution in [0.15, 0.2) is 41.7 Å². The molecule has 3 amide bonds. The second-order valence-corrected chi connectivity index (χ2v) is 7.22. The first-order chi connectivity index (χ1) is 11.4. The van der Waals surface area contributed by atoms with Crippen LogP contribution in [0.25, 0.3) is 11.3 Å². The second kappa shape index (κ2) is 8.01. The van der Waals surface area contributed by atoms with Crippen molar-refractivity contribution in [3.63, 3.8) is 0 Å². The number of carbonyl (C=O) groups is 2. The molecule has 0 spiro atoms. The lowest BCUT2D eigenvalue weighted by molar-refractivity contribution is -0.119. The molecular formula is C17H22N4O2S. The molecule has 0 fully saturated rings. The van der Waals surface area contributed by atoms with Crippen LogP contribution in [0.1, 0.15) is 20.8 Å². The fraction of sp³-hybridized carbons (Fsp3) is 0.353. The number of hydrogen-bond acceptors (Lipinski definition) is 4. The van der Waals surface area contributed by atoms with E-state index >= 15 is 0 Å². The van der Waals surface area contributed by atoms with Crippen molar-refractivity contribution in [3.8, 4) is 11.3 Å². The molecule has 0 aliphatic rings. The SMILES string of the molecule is CC(C)Cn1c(-c2ccccc2)cnc1SC(C)C(=O)NC(N)=O. The van der Waals surface area contributed by atoms with Crippen molar-refractivity contribution in [1.82, 2.24) is 14.9 Å². The number of nitrogens with zero attached hydrogens (tertiary/aromatic N) is 2. The van der Waals surface area contributed by atoms with Gasteiger partial charge in [0.15, 0.2) is 5.16 Å². The summed E-state index contributed by atoms with van der Waals surface area (Å²) in [4.78, 5) is 27.2. The summed E-state index contributed by atoms with van der Waals surface area (Å²) in [6.07, 6.45) is 1.82. The van der Waals surface area contributed by atoms with Gasteiger partial charge in [-0.25, -0.2) is 9.78 Å². The number of imide groups is 1. The van der Waals surface area contributed by atoms with Gasteiger partial charge in [0.25, 0.3) is 0 Å². The van der Waals surface area contributed by atoms with E-state index in [2.05, 4.69) is 28.7 Å². The summed E-state index contributed by atoms with van der Waals surface area (Å²) >= 11 is 1.31. The molecule has 1 aromatic heterocycles. The standard InChI is InChI=1S/C17H22N4O2S/c1-11(2)10-21-14(13-7-5-4-6-8-13)9-19-17(21)24-12(3)15(22)20-16(18)23/h4-9,11-12H,10H2,1-3H3,(H3,18,20,22,23). The number of rotatable bonds is 6. The topological polar surface area (TPSA) is 90.0 Å². The zero-order chi connectivity index (χ0) is 17.7. The van der Waals surface area contributed by atoms with Crippen LogP contribution >= 0.6 is 11.8 Å². The summed E-state index contributed by atoms with van der Waals surface area (Å²) in [5.41, 5.74) is 7.08. The maximum atomic E-state index is 11.9. The zero-order valence-corrected chi connectivity index (χ0v) is 14.8. The average Bonchev–Trinajstić information content (AvgIpc) is 2.89. The average molecular weight is 346 g/mol. The Bertz CT molecular complexity index is 713. The van der Waals surface area contributed by atoms with Crippen molar-refractivity contribution >= 4 is 23.7 Å². The smallest absolute Gasteiger partial charge is 0.318 e. The molecule has 0 aliphatic carbocycles. The lowest BCUT2D eigenvalue weighted by Crippen LogP contribution is -2.39. The number of imidazole rings is 1. The van der Waals surface area contributed by atoms with Crippen LogP contribution in [0.5, 0.6) is 0 Å². The van der Waals surface area contributed by atoms with Gasteiger partial charge >= 0.3 is 6.03 Å². The molecule has 2 rings (SSSR count).